The lowest BCUT2D eigenvalue weighted by molar-refractivity contribution is -0.329. The van der Waals surface area contributed by atoms with Crippen LogP contribution in [0.4, 0.5) is 0 Å². The highest BCUT2D eigenvalue weighted by Crippen LogP contribution is 2.49. The number of fused-ring (bicyclic) bond motifs is 2. The van der Waals surface area contributed by atoms with E-state index in [0.717, 1.165) is 29.7 Å². The van der Waals surface area contributed by atoms with Gasteiger partial charge in [-0.2, -0.15) is 0 Å². The smallest absolute Gasteiger partial charge is 0.225 e. The van der Waals surface area contributed by atoms with E-state index in [-0.39, 0.29) is 6.61 Å². The normalized spacial score (nSPS) is 32.6. The van der Waals surface area contributed by atoms with E-state index in [4.69, 9.17) is 30.6 Å². The Morgan fingerprint density at radius 3 is 2.61 bits per heavy atom. The number of benzene rings is 2. The highest BCUT2D eigenvalue weighted by atomic mass is 35.5. The van der Waals surface area contributed by atoms with Gasteiger partial charge in [-0.1, -0.05) is 35.0 Å². The molecule has 192 valence electrons. The quantitative estimate of drug-likeness (QED) is 0.410. The first-order valence-electron chi connectivity index (χ1n) is 11.7. The third kappa shape index (κ3) is 4.20. The van der Waals surface area contributed by atoms with Crippen LogP contribution in [0.15, 0.2) is 59.5 Å². The second-order valence-corrected chi connectivity index (χ2v) is 9.63. The molecule has 0 spiro atoms. The number of allylic oxidation sites excluding steroid dienone is 2. The summed E-state index contributed by atoms with van der Waals surface area (Å²) in [5.74, 6) is -0.386. The van der Waals surface area contributed by atoms with E-state index in [1.54, 1.807) is 18.2 Å². The molecule has 0 amide bonds. The highest BCUT2D eigenvalue weighted by molar-refractivity contribution is 6.31. The number of nitrogens with zero attached hydrogens (tertiary/aromatic N) is 1. The average molecular weight is 518 g/mol. The van der Waals surface area contributed by atoms with Gasteiger partial charge in [-0.3, -0.25) is 0 Å². The van der Waals surface area contributed by atoms with Crippen LogP contribution in [0.2, 0.25) is 5.02 Å². The molecule has 2 aromatic carbocycles. The van der Waals surface area contributed by atoms with Gasteiger partial charge in [0.1, 0.15) is 48.2 Å². The highest BCUT2D eigenvalue weighted by Gasteiger charge is 2.67. The van der Waals surface area contributed by atoms with Crippen LogP contribution in [-0.2, 0) is 26.5 Å². The molecule has 2 fully saturated rings. The van der Waals surface area contributed by atoms with Crippen molar-refractivity contribution in [2.24, 2.45) is 5.16 Å². The molecule has 5 atom stereocenters. The van der Waals surface area contributed by atoms with Gasteiger partial charge in [0.25, 0.3) is 0 Å². The molecule has 4 N–H and O–H groups in total. The lowest BCUT2D eigenvalue weighted by atomic mass is 9.83. The van der Waals surface area contributed by atoms with Crippen molar-refractivity contribution in [1.82, 2.24) is 0 Å². The number of aliphatic hydroxyl groups excluding tert-OH is 4. The Kier molecular flexibility index (Phi) is 6.82. The van der Waals surface area contributed by atoms with Crippen molar-refractivity contribution in [2.75, 3.05) is 20.3 Å². The van der Waals surface area contributed by atoms with Crippen molar-refractivity contribution < 1.29 is 39.5 Å². The molecule has 0 unspecified atom stereocenters. The molecule has 2 aromatic rings. The zero-order valence-corrected chi connectivity index (χ0v) is 20.4. The molecule has 36 heavy (non-hydrogen) atoms. The maximum Gasteiger partial charge on any atom is 0.225 e. The number of ether oxygens (including phenoxy) is 3. The number of hydrogen-bond donors (Lipinski definition) is 4. The molecule has 2 saturated heterocycles. The summed E-state index contributed by atoms with van der Waals surface area (Å²) < 4.78 is 17.7. The van der Waals surface area contributed by atoms with Crippen LogP contribution in [0, 0.1) is 0 Å². The first-order valence-corrected chi connectivity index (χ1v) is 12.0. The van der Waals surface area contributed by atoms with E-state index < -0.39 is 36.3 Å². The fourth-order valence-electron chi connectivity index (χ4n) is 4.91. The van der Waals surface area contributed by atoms with Crippen molar-refractivity contribution in [2.45, 2.75) is 49.0 Å². The number of aliphatic hydroxyl groups is 4. The Morgan fingerprint density at radius 1 is 1.11 bits per heavy atom. The number of rotatable bonds is 7. The van der Waals surface area contributed by atoms with Crippen molar-refractivity contribution in [3.63, 3.8) is 0 Å². The Morgan fingerprint density at radius 2 is 1.89 bits per heavy atom. The van der Waals surface area contributed by atoms with Crippen LogP contribution < -0.4 is 4.74 Å². The molecule has 2 heterocycles. The largest absolute Gasteiger partial charge is 0.456 e. The zero-order chi connectivity index (χ0) is 25.5. The average Bonchev–Trinajstić information content (AvgIpc) is 3.49. The Hall–Kier alpha value is -2.50. The van der Waals surface area contributed by atoms with Crippen LogP contribution in [-0.4, -0.2) is 70.4 Å². The van der Waals surface area contributed by atoms with Crippen molar-refractivity contribution in [1.29, 1.82) is 0 Å². The number of halogens is 1. The molecule has 10 heteroatoms. The van der Waals surface area contributed by atoms with Crippen LogP contribution in [0.3, 0.4) is 0 Å². The summed E-state index contributed by atoms with van der Waals surface area (Å²) in [4.78, 5) is 4.87. The molecule has 1 aliphatic carbocycles. The van der Waals surface area contributed by atoms with Gasteiger partial charge in [-0.25, -0.2) is 0 Å². The van der Waals surface area contributed by atoms with E-state index in [1.165, 1.54) is 7.11 Å². The summed E-state index contributed by atoms with van der Waals surface area (Å²) in [6, 6.07) is 12.6. The summed E-state index contributed by atoms with van der Waals surface area (Å²) in [7, 11) is 1.51. The van der Waals surface area contributed by atoms with E-state index in [0.29, 0.717) is 28.5 Å². The van der Waals surface area contributed by atoms with Crippen molar-refractivity contribution in [3.8, 4) is 5.75 Å². The van der Waals surface area contributed by atoms with Gasteiger partial charge in [0, 0.05) is 17.0 Å². The van der Waals surface area contributed by atoms with Crippen molar-refractivity contribution in [3.05, 3.63) is 76.0 Å². The topological polar surface area (TPSA) is 130 Å². The fraction of sp³-hybridized carbons (Fsp3) is 0.423. The molecule has 9 nitrogen and oxygen atoms in total. The lowest BCUT2D eigenvalue weighted by Crippen LogP contribution is -2.65. The molecule has 0 radical (unpaired) electrons. The predicted molar refractivity (Wildman–Crippen MR) is 130 cm³/mol. The van der Waals surface area contributed by atoms with Gasteiger partial charge in [-0.15, -0.1) is 0 Å². The van der Waals surface area contributed by atoms with Gasteiger partial charge in [0.05, 0.1) is 13.2 Å². The number of oxime groups is 1. The minimum absolute atomic E-state index is 0.189. The van der Waals surface area contributed by atoms with Crippen LogP contribution in [0.5, 0.6) is 5.75 Å². The Bertz CT molecular complexity index is 1180. The van der Waals surface area contributed by atoms with Crippen LogP contribution in [0.25, 0.3) is 0 Å². The molecule has 0 aromatic heterocycles. The molecule has 2 aliphatic heterocycles. The summed E-state index contributed by atoms with van der Waals surface area (Å²) in [6.45, 7) is -0.768. The molecule has 0 saturated carbocycles. The first kappa shape index (κ1) is 25.2. The second-order valence-electron chi connectivity index (χ2n) is 9.22. The number of hydrogen-bond acceptors (Lipinski definition) is 9. The predicted octanol–water partition coefficient (Wildman–Crippen LogP) is 2.02. The summed E-state index contributed by atoms with van der Waals surface area (Å²) in [6.07, 6.45) is -0.573. The van der Waals surface area contributed by atoms with Gasteiger partial charge < -0.3 is 39.5 Å². The van der Waals surface area contributed by atoms with Crippen molar-refractivity contribution >= 4 is 17.3 Å². The molecular weight excluding hydrogens is 490 g/mol. The monoisotopic (exact) mass is 517 g/mol. The summed E-state index contributed by atoms with van der Waals surface area (Å²) >= 11 is 6.49. The fourth-order valence-corrected chi connectivity index (χ4v) is 5.09. The first-order chi connectivity index (χ1) is 17.3. The molecule has 5 rings (SSSR count). The maximum absolute atomic E-state index is 10.8. The minimum Gasteiger partial charge on any atom is -0.456 e. The van der Waals surface area contributed by atoms with E-state index in [2.05, 4.69) is 5.16 Å². The van der Waals surface area contributed by atoms with Crippen LogP contribution in [0.1, 0.15) is 29.5 Å². The third-order valence-electron chi connectivity index (χ3n) is 6.92. The zero-order valence-electron chi connectivity index (χ0n) is 19.6. The molecule has 2 bridgehead atoms. The summed E-state index contributed by atoms with van der Waals surface area (Å²) in [5.41, 5.74) is 1.37. The van der Waals surface area contributed by atoms with E-state index >= 15 is 0 Å². The SMILES string of the molecule is CON=C1CCC=C1Oc1ccc(Cc2cc([C@]34OC[C@](CO)(O3)[C@@H](O)[C@H](O)[C@H]4O)ccc2Cl)cc1. The van der Waals surface area contributed by atoms with Gasteiger partial charge in [0.2, 0.25) is 5.79 Å². The summed E-state index contributed by atoms with van der Waals surface area (Å²) in [5, 5.41) is 46.0. The van der Waals surface area contributed by atoms with Gasteiger partial charge >= 0.3 is 0 Å². The van der Waals surface area contributed by atoms with E-state index in [1.807, 2.05) is 30.3 Å². The second kappa shape index (κ2) is 9.75. The van der Waals surface area contributed by atoms with E-state index in [9.17, 15) is 20.4 Å². The maximum atomic E-state index is 10.8. The molecule has 3 aliphatic rings. The Balaban J connectivity index is 1.36. The standard InChI is InChI=1S/C26H28ClNO8/c1-33-28-20-3-2-4-21(20)35-18-8-5-15(6-9-18)11-16-12-17(7-10-19(16)27)26-24(32)22(30)23(31)25(13-29,36-26)14-34-26/h4-10,12,22-24,29-32H,2-3,11,13-14H2,1H3/t22-,23-,24+,25-,26-/m0/s1. The van der Waals surface area contributed by atoms with Crippen LogP contribution >= 0.6 is 11.6 Å². The molecular formula is C26H28ClNO8. The Labute approximate surface area is 213 Å². The third-order valence-corrected chi connectivity index (χ3v) is 7.29. The van der Waals surface area contributed by atoms with Gasteiger partial charge in [0.15, 0.2) is 0 Å². The van der Waals surface area contributed by atoms with Gasteiger partial charge in [-0.05, 0) is 54.3 Å². The minimum atomic E-state index is -1.74. The lowest BCUT2D eigenvalue weighted by Gasteiger charge is -2.46.